The lowest BCUT2D eigenvalue weighted by molar-refractivity contribution is -0.143. The number of aryl methyl sites for hydroxylation is 1. The Morgan fingerprint density at radius 2 is 2.05 bits per heavy atom. The minimum Gasteiger partial charge on any atom is -0.496 e. The van der Waals surface area contributed by atoms with Crippen molar-refractivity contribution in [3.63, 3.8) is 0 Å². The highest BCUT2D eigenvalue weighted by molar-refractivity contribution is 5.81. The van der Waals surface area contributed by atoms with Gasteiger partial charge in [0, 0.05) is 0 Å². The number of rotatable bonds is 6. The van der Waals surface area contributed by atoms with Crippen molar-refractivity contribution < 1.29 is 14.6 Å². The lowest BCUT2D eigenvalue weighted by Gasteiger charge is -2.28. The van der Waals surface area contributed by atoms with Crippen molar-refractivity contribution in [2.24, 2.45) is 5.92 Å². The summed E-state index contributed by atoms with van der Waals surface area (Å²) in [6.07, 6.45) is 1.45. The van der Waals surface area contributed by atoms with Crippen molar-refractivity contribution in [1.82, 2.24) is 0 Å². The summed E-state index contributed by atoms with van der Waals surface area (Å²) in [4.78, 5) is 11.7. The van der Waals surface area contributed by atoms with Crippen molar-refractivity contribution in [2.75, 3.05) is 7.11 Å². The minimum atomic E-state index is -0.843. The predicted molar refractivity (Wildman–Crippen MR) is 76.8 cm³/mol. The smallest absolute Gasteiger partial charge is 0.313 e. The molecular formula is C16H24O3. The Morgan fingerprint density at radius 3 is 2.47 bits per heavy atom. The van der Waals surface area contributed by atoms with Crippen LogP contribution in [0.3, 0.4) is 0 Å². The molecule has 3 nitrogen and oxygen atoms in total. The lowest BCUT2D eigenvalue weighted by atomic mass is 9.75. The topological polar surface area (TPSA) is 46.5 Å². The van der Waals surface area contributed by atoms with Gasteiger partial charge in [0.1, 0.15) is 5.75 Å². The second-order valence-corrected chi connectivity index (χ2v) is 5.62. The number of hydrogen-bond acceptors (Lipinski definition) is 2. The Morgan fingerprint density at radius 1 is 1.42 bits per heavy atom. The van der Waals surface area contributed by atoms with Crippen LogP contribution >= 0.6 is 0 Å². The van der Waals surface area contributed by atoms with E-state index in [0.717, 1.165) is 23.3 Å². The van der Waals surface area contributed by atoms with E-state index in [0.29, 0.717) is 12.3 Å². The predicted octanol–water partition coefficient (Wildman–Crippen LogP) is 3.65. The van der Waals surface area contributed by atoms with Crippen molar-refractivity contribution in [3.8, 4) is 5.75 Å². The van der Waals surface area contributed by atoms with Gasteiger partial charge >= 0.3 is 5.97 Å². The van der Waals surface area contributed by atoms with E-state index in [1.54, 1.807) is 14.0 Å². The molecule has 1 N–H and O–H groups in total. The first-order valence-electron chi connectivity index (χ1n) is 6.76. The standard InChI is InChI=1S/C16H24O3/c1-6-12-9-13(7-8-14(12)19-5)16(4,15(17)18)10-11(2)3/h7-9,11H,6,10H2,1-5H3,(H,17,18). The third kappa shape index (κ3) is 3.28. The molecule has 0 fully saturated rings. The number of ether oxygens (including phenoxy) is 1. The van der Waals surface area contributed by atoms with Crippen LogP contribution in [0.4, 0.5) is 0 Å². The molecule has 0 spiro atoms. The first-order valence-corrected chi connectivity index (χ1v) is 6.76. The van der Waals surface area contributed by atoms with Gasteiger partial charge in [0.05, 0.1) is 12.5 Å². The zero-order valence-electron chi connectivity index (χ0n) is 12.5. The average Bonchev–Trinajstić information content (AvgIpc) is 2.36. The van der Waals surface area contributed by atoms with E-state index in [-0.39, 0.29) is 0 Å². The van der Waals surface area contributed by atoms with Crippen LogP contribution in [0, 0.1) is 5.92 Å². The molecular weight excluding hydrogens is 240 g/mol. The Bertz CT molecular complexity index is 451. The molecule has 0 bridgehead atoms. The van der Waals surface area contributed by atoms with E-state index in [2.05, 4.69) is 0 Å². The molecule has 19 heavy (non-hydrogen) atoms. The van der Waals surface area contributed by atoms with Gasteiger partial charge in [-0.25, -0.2) is 0 Å². The van der Waals surface area contributed by atoms with Gasteiger partial charge < -0.3 is 9.84 Å². The van der Waals surface area contributed by atoms with Crippen molar-refractivity contribution in [1.29, 1.82) is 0 Å². The van der Waals surface area contributed by atoms with Crippen LogP contribution < -0.4 is 4.74 Å². The fraction of sp³-hybridized carbons (Fsp3) is 0.562. The zero-order valence-corrected chi connectivity index (χ0v) is 12.5. The Kier molecular flexibility index (Phi) is 4.98. The number of carbonyl (C=O) groups is 1. The van der Waals surface area contributed by atoms with Gasteiger partial charge in [-0.1, -0.05) is 32.9 Å². The second-order valence-electron chi connectivity index (χ2n) is 5.62. The Balaban J connectivity index is 3.27. The third-order valence-corrected chi connectivity index (χ3v) is 3.59. The fourth-order valence-electron chi connectivity index (χ4n) is 2.54. The number of benzene rings is 1. The Labute approximate surface area is 115 Å². The monoisotopic (exact) mass is 264 g/mol. The van der Waals surface area contributed by atoms with Crippen LogP contribution in [0.2, 0.25) is 0 Å². The summed E-state index contributed by atoms with van der Waals surface area (Å²) in [7, 11) is 1.64. The molecule has 1 unspecified atom stereocenters. The van der Waals surface area contributed by atoms with Crippen LogP contribution in [0.15, 0.2) is 18.2 Å². The van der Waals surface area contributed by atoms with E-state index in [1.165, 1.54) is 0 Å². The molecule has 0 heterocycles. The second kappa shape index (κ2) is 6.09. The Hall–Kier alpha value is -1.51. The van der Waals surface area contributed by atoms with E-state index < -0.39 is 11.4 Å². The molecule has 0 amide bonds. The number of methoxy groups -OCH3 is 1. The molecule has 0 aromatic heterocycles. The van der Waals surface area contributed by atoms with Crippen LogP contribution in [0.25, 0.3) is 0 Å². The number of hydrogen-bond donors (Lipinski definition) is 1. The highest BCUT2D eigenvalue weighted by Gasteiger charge is 2.36. The van der Waals surface area contributed by atoms with E-state index in [1.807, 2.05) is 39.0 Å². The molecule has 0 aliphatic heterocycles. The van der Waals surface area contributed by atoms with Gasteiger partial charge in [-0.2, -0.15) is 0 Å². The number of carboxylic acid groups (broad SMARTS) is 1. The summed E-state index contributed by atoms with van der Waals surface area (Å²) in [5.74, 6) is 0.380. The summed E-state index contributed by atoms with van der Waals surface area (Å²) >= 11 is 0. The number of carboxylic acids is 1. The fourth-order valence-corrected chi connectivity index (χ4v) is 2.54. The molecule has 3 heteroatoms. The van der Waals surface area contributed by atoms with Crippen LogP contribution in [-0.4, -0.2) is 18.2 Å². The van der Waals surface area contributed by atoms with Gasteiger partial charge in [0.15, 0.2) is 0 Å². The molecule has 0 aliphatic carbocycles. The molecule has 1 aromatic rings. The van der Waals surface area contributed by atoms with Gasteiger partial charge in [0.2, 0.25) is 0 Å². The molecule has 0 aliphatic rings. The first-order chi connectivity index (χ1) is 8.85. The minimum absolute atomic E-state index is 0.327. The third-order valence-electron chi connectivity index (χ3n) is 3.59. The van der Waals surface area contributed by atoms with E-state index >= 15 is 0 Å². The van der Waals surface area contributed by atoms with Gasteiger partial charge in [-0.3, -0.25) is 4.79 Å². The summed E-state index contributed by atoms with van der Waals surface area (Å²) in [6.45, 7) is 7.94. The summed E-state index contributed by atoms with van der Waals surface area (Å²) in [5.41, 5.74) is 1.06. The summed E-state index contributed by atoms with van der Waals surface area (Å²) in [6, 6.07) is 5.71. The maximum absolute atomic E-state index is 11.7. The zero-order chi connectivity index (χ0) is 14.6. The first kappa shape index (κ1) is 15.5. The van der Waals surface area contributed by atoms with E-state index in [9.17, 15) is 9.90 Å². The van der Waals surface area contributed by atoms with Crippen LogP contribution in [0.1, 0.15) is 45.2 Å². The molecule has 106 valence electrons. The van der Waals surface area contributed by atoms with Gasteiger partial charge in [0.25, 0.3) is 0 Å². The maximum Gasteiger partial charge on any atom is 0.313 e. The SMILES string of the molecule is CCc1cc(C(C)(CC(C)C)C(=O)O)ccc1OC. The molecule has 1 rings (SSSR count). The van der Waals surface area contributed by atoms with E-state index in [4.69, 9.17) is 4.74 Å². The average molecular weight is 264 g/mol. The van der Waals surface area contributed by atoms with Crippen LogP contribution in [0.5, 0.6) is 5.75 Å². The normalized spacial score (nSPS) is 14.2. The molecule has 0 radical (unpaired) electrons. The molecule has 1 aromatic carbocycles. The number of aliphatic carboxylic acids is 1. The van der Waals surface area contributed by atoms with Gasteiger partial charge in [-0.15, -0.1) is 0 Å². The molecule has 0 saturated carbocycles. The maximum atomic E-state index is 11.7. The quantitative estimate of drug-likeness (QED) is 0.853. The van der Waals surface area contributed by atoms with Crippen LogP contribution in [-0.2, 0) is 16.6 Å². The molecule has 0 saturated heterocycles. The molecule has 1 atom stereocenters. The van der Waals surface area contributed by atoms with Crippen molar-refractivity contribution >= 4 is 5.97 Å². The lowest BCUT2D eigenvalue weighted by Crippen LogP contribution is -2.34. The van der Waals surface area contributed by atoms with Crippen molar-refractivity contribution in [2.45, 2.75) is 46.0 Å². The summed E-state index contributed by atoms with van der Waals surface area (Å²) < 4.78 is 5.30. The largest absolute Gasteiger partial charge is 0.496 e. The highest BCUT2D eigenvalue weighted by atomic mass is 16.5. The highest BCUT2D eigenvalue weighted by Crippen LogP contribution is 2.34. The summed E-state index contributed by atoms with van der Waals surface area (Å²) in [5, 5.41) is 9.59. The van der Waals surface area contributed by atoms with Gasteiger partial charge in [-0.05, 0) is 42.9 Å². The van der Waals surface area contributed by atoms with Crippen molar-refractivity contribution in [3.05, 3.63) is 29.3 Å².